The molecular formula is C15H14Cl2N2O2. The molecule has 1 aromatic heterocycles. The molecule has 1 aliphatic carbocycles. The van der Waals surface area contributed by atoms with Crippen molar-refractivity contribution in [3.05, 3.63) is 52.3 Å². The largest absolute Gasteiger partial charge is 0.456 e. The molecule has 110 valence electrons. The van der Waals surface area contributed by atoms with Gasteiger partial charge >= 0.3 is 5.97 Å². The van der Waals surface area contributed by atoms with E-state index in [0.29, 0.717) is 15.6 Å². The molecule has 1 heterocycles. The zero-order chi connectivity index (χ0) is 14.8. The first kappa shape index (κ1) is 14.4. The molecule has 1 saturated carbocycles. The number of aromatic nitrogens is 2. The van der Waals surface area contributed by atoms with Gasteiger partial charge in [0.25, 0.3) is 0 Å². The van der Waals surface area contributed by atoms with Crippen molar-refractivity contribution in [3.63, 3.8) is 0 Å². The number of carbonyl (C=O) groups is 1. The van der Waals surface area contributed by atoms with Gasteiger partial charge in [-0.25, -0.2) is 4.79 Å². The smallest absolute Gasteiger partial charge is 0.338 e. The molecule has 6 heteroatoms. The summed E-state index contributed by atoms with van der Waals surface area (Å²) < 4.78 is 7.48. The normalized spacial score (nSPS) is 21.4. The van der Waals surface area contributed by atoms with Crippen LogP contribution in [0.4, 0.5) is 0 Å². The average molecular weight is 325 g/mol. The Hall–Kier alpha value is -1.52. The lowest BCUT2D eigenvalue weighted by Gasteiger charge is -2.20. The van der Waals surface area contributed by atoms with Gasteiger partial charge in [-0.3, -0.25) is 4.68 Å². The van der Waals surface area contributed by atoms with Crippen molar-refractivity contribution < 1.29 is 9.53 Å². The number of hydrogen-bond donors (Lipinski definition) is 0. The number of nitrogens with zero attached hydrogens (tertiary/aromatic N) is 2. The summed E-state index contributed by atoms with van der Waals surface area (Å²) >= 11 is 11.8. The first-order valence-corrected chi connectivity index (χ1v) is 7.55. The van der Waals surface area contributed by atoms with Gasteiger partial charge in [-0.1, -0.05) is 23.2 Å². The van der Waals surface area contributed by atoms with E-state index in [1.165, 1.54) is 0 Å². The zero-order valence-electron chi connectivity index (χ0n) is 11.2. The van der Waals surface area contributed by atoms with E-state index in [0.717, 1.165) is 19.3 Å². The molecule has 0 radical (unpaired) electrons. The molecule has 4 nitrogen and oxygen atoms in total. The van der Waals surface area contributed by atoms with E-state index in [4.69, 9.17) is 27.9 Å². The van der Waals surface area contributed by atoms with Gasteiger partial charge in [-0.15, -0.1) is 0 Å². The molecule has 21 heavy (non-hydrogen) atoms. The van der Waals surface area contributed by atoms with E-state index in [2.05, 4.69) is 5.10 Å². The van der Waals surface area contributed by atoms with Crippen LogP contribution >= 0.6 is 23.2 Å². The molecule has 2 atom stereocenters. The van der Waals surface area contributed by atoms with Gasteiger partial charge in [0.15, 0.2) is 0 Å². The van der Waals surface area contributed by atoms with Gasteiger partial charge in [-0.05, 0) is 43.5 Å². The van der Waals surface area contributed by atoms with Crippen LogP contribution in [-0.2, 0) is 4.74 Å². The van der Waals surface area contributed by atoms with Crippen molar-refractivity contribution in [1.29, 1.82) is 0 Å². The van der Waals surface area contributed by atoms with Gasteiger partial charge in [0.1, 0.15) is 6.10 Å². The quantitative estimate of drug-likeness (QED) is 0.797. The monoisotopic (exact) mass is 324 g/mol. The summed E-state index contributed by atoms with van der Waals surface area (Å²) in [6, 6.07) is 6.68. The number of hydrogen-bond acceptors (Lipinski definition) is 3. The lowest BCUT2D eigenvalue weighted by Crippen LogP contribution is -2.25. The van der Waals surface area contributed by atoms with Crippen molar-refractivity contribution >= 4 is 29.2 Å². The Morgan fingerprint density at radius 3 is 2.67 bits per heavy atom. The molecule has 1 fully saturated rings. The lowest BCUT2D eigenvalue weighted by atomic mass is 10.2. The number of rotatable bonds is 3. The van der Waals surface area contributed by atoms with Gasteiger partial charge in [0.2, 0.25) is 0 Å². The summed E-state index contributed by atoms with van der Waals surface area (Å²) in [6.45, 7) is 0. The van der Waals surface area contributed by atoms with Gasteiger partial charge < -0.3 is 4.74 Å². The van der Waals surface area contributed by atoms with E-state index in [-0.39, 0.29) is 12.1 Å². The highest BCUT2D eigenvalue weighted by molar-refractivity contribution is 6.35. The number of esters is 1. The molecule has 0 spiro atoms. The second-order valence-electron chi connectivity index (χ2n) is 5.09. The predicted molar refractivity (Wildman–Crippen MR) is 80.8 cm³/mol. The second-order valence-corrected chi connectivity index (χ2v) is 5.96. The SMILES string of the molecule is O=C(O[C@@H]1CCC[C@H]1n1cccn1)c1cc(Cl)cc(Cl)c1. The Morgan fingerprint density at radius 1 is 1.24 bits per heavy atom. The maximum atomic E-state index is 12.3. The van der Waals surface area contributed by atoms with Gasteiger partial charge in [-0.2, -0.15) is 5.10 Å². The van der Waals surface area contributed by atoms with Crippen molar-refractivity contribution in [2.75, 3.05) is 0 Å². The first-order valence-electron chi connectivity index (χ1n) is 6.80. The molecule has 0 amide bonds. The Morgan fingerprint density at radius 2 is 2.00 bits per heavy atom. The van der Waals surface area contributed by atoms with Crippen molar-refractivity contribution in [1.82, 2.24) is 9.78 Å². The average Bonchev–Trinajstić information content (AvgIpc) is 3.07. The third-order valence-electron chi connectivity index (χ3n) is 3.64. The summed E-state index contributed by atoms with van der Waals surface area (Å²) in [4.78, 5) is 12.3. The van der Waals surface area contributed by atoms with Crippen LogP contribution in [0.1, 0.15) is 35.7 Å². The van der Waals surface area contributed by atoms with Crippen molar-refractivity contribution in [2.45, 2.75) is 31.4 Å². The highest BCUT2D eigenvalue weighted by atomic mass is 35.5. The Bertz CT molecular complexity index is 623. The molecule has 0 bridgehead atoms. The molecule has 1 aromatic carbocycles. The minimum atomic E-state index is -0.400. The minimum Gasteiger partial charge on any atom is -0.456 e. The number of carbonyl (C=O) groups excluding carboxylic acids is 1. The molecule has 2 aromatic rings. The van der Waals surface area contributed by atoms with Crippen LogP contribution in [0, 0.1) is 0 Å². The Kier molecular flexibility index (Phi) is 4.17. The topological polar surface area (TPSA) is 44.1 Å². The summed E-state index contributed by atoms with van der Waals surface area (Å²) in [5.74, 6) is -0.400. The fraction of sp³-hybridized carbons (Fsp3) is 0.333. The number of benzene rings is 1. The molecule has 0 N–H and O–H groups in total. The third-order valence-corrected chi connectivity index (χ3v) is 4.08. The van der Waals surface area contributed by atoms with Crippen LogP contribution in [0.3, 0.4) is 0 Å². The summed E-state index contributed by atoms with van der Waals surface area (Å²) in [7, 11) is 0. The second kappa shape index (κ2) is 6.08. The lowest BCUT2D eigenvalue weighted by molar-refractivity contribution is 0.0210. The first-order chi connectivity index (χ1) is 10.1. The molecule has 1 aliphatic rings. The van der Waals surface area contributed by atoms with Gasteiger partial charge in [0, 0.05) is 22.4 Å². The molecule has 0 saturated heterocycles. The van der Waals surface area contributed by atoms with E-state index in [1.54, 1.807) is 24.4 Å². The number of halogens is 2. The van der Waals surface area contributed by atoms with Crippen LogP contribution < -0.4 is 0 Å². The van der Waals surface area contributed by atoms with Crippen LogP contribution in [0.5, 0.6) is 0 Å². The highest BCUT2D eigenvalue weighted by Gasteiger charge is 2.32. The standard InChI is InChI=1S/C15H14Cl2N2O2/c16-11-7-10(8-12(17)9-11)15(20)21-14-4-1-3-13(14)19-6-2-5-18-19/h2,5-9,13-14H,1,3-4H2/t13-,14-/m1/s1. The zero-order valence-corrected chi connectivity index (χ0v) is 12.7. The molecule has 0 unspecified atom stereocenters. The van der Waals surface area contributed by atoms with Crippen LogP contribution in [-0.4, -0.2) is 21.9 Å². The summed E-state index contributed by atoms with van der Waals surface area (Å²) in [5.41, 5.74) is 0.374. The van der Waals surface area contributed by atoms with Crippen LogP contribution in [0.15, 0.2) is 36.7 Å². The fourth-order valence-electron chi connectivity index (χ4n) is 2.70. The van der Waals surface area contributed by atoms with E-state index < -0.39 is 5.97 Å². The highest BCUT2D eigenvalue weighted by Crippen LogP contribution is 2.32. The maximum Gasteiger partial charge on any atom is 0.338 e. The fourth-order valence-corrected chi connectivity index (χ4v) is 3.23. The molecular weight excluding hydrogens is 311 g/mol. The molecule has 0 aliphatic heterocycles. The Labute approximate surface area is 132 Å². The van der Waals surface area contributed by atoms with Gasteiger partial charge in [0.05, 0.1) is 11.6 Å². The predicted octanol–water partition coefficient (Wildman–Crippen LogP) is 4.14. The third kappa shape index (κ3) is 3.22. The Balaban J connectivity index is 1.74. The van der Waals surface area contributed by atoms with E-state index >= 15 is 0 Å². The summed E-state index contributed by atoms with van der Waals surface area (Å²) in [6.07, 6.45) is 6.26. The van der Waals surface area contributed by atoms with E-state index in [1.807, 2.05) is 16.9 Å². The van der Waals surface area contributed by atoms with Crippen molar-refractivity contribution in [2.24, 2.45) is 0 Å². The van der Waals surface area contributed by atoms with Crippen molar-refractivity contribution in [3.8, 4) is 0 Å². The number of ether oxygens (including phenoxy) is 1. The maximum absolute atomic E-state index is 12.3. The summed E-state index contributed by atoms with van der Waals surface area (Å²) in [5, 5.41) is 5.08. The minimum absolute atomic E-state index is 0.0959. The van der Waals surface area contributed by atoms with Crippen LogP contribution in [0.2, 0.25) is 10.0 Å². The molecule has 3 rings (SSSR count). The van der Waals surface area contributed by atoms with E-state index in [9.17, 15) is 4.79 Å². The van der Waals surface area contributed by atoms with Crippen LogP contribution in [0.25, 0.3) is 0 Å².